The monoisotopic (exact) mass is 382 g/mol. The molecule has 0 radical (unpaired) electrons. The van der Waals surface area contributed by atoms with E-state index in [1.807, 2.05) is 6.07 Å². The van der Waals surface area contributed by atoms with Crippen molar-refractivity contribution in [2.45, 2.75) is 25.8 Å². The summed E-state index contributed by atoms with van der Waals surface area (Å²) >= 11 is 0. The second kappa shape index (κ2) is 7.67. The van der Waals surface area contributed by atoms with Crippen molar-refractivity contribution in [2.24, 2.45) is 0 Å². The molecule has 1 aromatic heterocycles. The summed E-state index contributed by atoms with van der Waals surface area (Å²) in [5.41, 5.74) is 1.95. The smallest absolute Gasteiger partial charge is 0.319 e. The van der Waals surface area contributed by atoms with Gasteiger partial charge in [-0.15, -0.1) is 0 Å². The second-order valence-corrected chi connectivity index (χ2v) is 6.54. The van der Waals surface area contributed by atoms with Crippen LogP contribution < -0.4 is 15.4 Å². The molecule has 0 fully saturated rings. The number of nitrogens with one attached hydrogen (secondary N) is 2. The van der Waals surface area contributed by atoms with Gasteiger partial charge >= 0.3 is 6.03 Å². The zero-order valence-electron chi connectivity index (χ0n) is 15.2. The lowest BCUT2D eigenvalue weighted by molar-refractivity contribution is 0.247. The molecule has 144 valence electrons. The first kappa shape index (κ1) is 18.0. The van der Waals surface area contributed by atoms with E-state index in [4.69, 9.17) is 9.26 Å². The Morgan fingerprint density at radius 1 is 1.25 bits per heavy atom. The second-order valence-electron chi connectivity index (χ2n) is 6.54. The van der Waals surface area contributed by atoms with Crippen molar-refractivity contribution in [3.8, 4) is 17.1 Å². The molecule has 2 amide bonds. The van der Waals surface area contributed by atoms with Crippen molar-refractivity contribution in [1.29, 1.82) is 0 Å². The molecule has 1 aliphatic rings. The molecule has 3 aromatic rings. The van der Waals surface area contributed by atoms with Gasteiger partial charge in [0.1, 0.15) is 11.6 Å². The third-order valence-corrected chi connectivity index (χ3v) is 4.45. The minimum Gasteiger partial charge on any atom is -0.493 e. The highest BCUT2D eigenvalue weighted by molar-refractivity contribution is 5.90. The molecule has 7 nitrogen and oxygen atoms in total. The molecular weight excluding hydrogens is 363 g/mol. The van der Waals surface area contributed by atoms with Crippen LogP contribution in [0, 0.1) is 12.7 Å². The summed E-state index contributed by atoms with van der Waals surface area (Å²) in [6.07, 6.45) is 1.42. The number of nitrogens with zero attached hydrogens (tertiary/aromatic N) is 2. The largest absolute Gasteiger partial charge is 0.493 e. The summed E-state index contributed by atoms with van der Waals surface area (Å²) in [7, 11) is 0. The Morgan fingerprint density at radius 2 is 2.14 bits per heavy atom. The van der Waals surface area contributed by atoms with Crippen molar-refractivity contribution in [3.63, 3.8) is 0 Å². The van der Waals surface area contributed by atoms with E-state index in [1.165, 1.54) is 12.1 Å². The highest BCUT2D eigenvalue weighted by atomic mass is 19.1. The van der Waals surface area contributed by atoms with Crippen molar-refractivity contribution in [2.75, 3.05) is 11.9 Å². The van der Waals surface area contributed by atoms with E-state index < -0.39 is 0 Å². The van der Waals surface area contributed by atoms with Gasteiger partial charge in [0.15, 0.2) is 0 Å². The molecule has 2 N–H and O–H groups in total. The summed E-state index contributed by atoms with van der Waals surface area (Å²) in [6, 6.07) is 10.8. The maximum atomic E-state index is 13.7. The number of aryl methyl sites for hydroxylation is 1. The molecule has 0 saturated carbocycles. The molecule has 0 aliphatic carbocycles. The zero-order chi connectivity index (χ0) is 19.5. The van der Waals surface area contributed by atoms with Gasteiger partial charge < -0.3 is 19.9 Å². The number of urea groups is 1. The number of rotatable bonds is 3. The van der Waals surface area contributed by atoms with Gasteiger partial charge in [-0.05, 0) is 43.2 Å². The lowest BCUT2D eigenvalue weighted by Gasteiger charge is -2.19. The first-order chi connectivity index (χ1) is 13.6. The maximum Gasteiger partial charge on any atom is 0.319 e. The number of hydrogen-bond donors (Lipinski definition) is 2. The van der Waals surface area contributed by atoms with Crippen LogP contribution in [0.5, 0.6) is 5.75 Å². The van der Waals surface area contributed by atoms with Crippen LogP contribution in [0.3, 0.4) is 0 Å². The summed E-state index contributed by atoms with van der Waals surface area (Å²) in [6.45, 7) is 2.24. The number of carbonyl (C=O) groups is 1. The van der Waals surface area contributed by atoms with Crippen molar-refractivity contribution in [3.05, 3.63) is 59.7 Å². The highest BCUT2D eigenvalue weighted by Gasteiger charge is 2.22. The molecule has 2 heterocycles. The SMILES string of the molecule is Cc1nc(-c2cccc(NC(=O)N[C@@H]3CCCOc4ccc(F)cc43)c2)no1. The van der Waals surface area contributed by atoms with Crippen molar-refractivity contribution >= 4 is 11.7 Å². The number of amides is 2. The first-order valence-electron chi connectivity index (χ1n) is 8.99. The van der Waals surface area contributed by atoms with Crippen LogP contribution in [0.2, 0.25) is 0 Å². The van der Waals surface area contributed by atoms with Crippen LogP contribution >= 0.6 is 0 Å². The molecule has 0 spiro atoms. The van der Waals surface area contributed by atoms with E-state index in [9.17, 15) is 9.18 Å². The topological polar surface area (TPSA) is 89.3 Å². The van der Waals surface area contributed by atoms with E-state index in [2.05, 4.69) is 20.8 Å². The van der Waals surface area contributed by atoms with Crippen LogP contribution in [0.25, 0.3) is 11.4 Å². The average Bonchev–Trinajstić information content (AvgIpc) is 3.02. The quantitative estimate of drug-likeness (QED) is 0.708. The number of ether oxygens (including phenoxy) is 1. The van der Waals surface area contributed by atoms with Crippen LogP contribution in [0.4, 0.5) is 14.9 Å². The molecule has 0 unspecified atom stereocenters. The van der Waals surface area contributed by atoms with Crippen LogP contribution in [0.1, 0.15) is 30.3 Å². The van der Waals surface area contributed by atoms with Gasteiger partial charge in [0.2, 0.25) is 11.7 Å². The van der Waals surface area contributed by atoms with Gasteiger partial charge in [-0.2, -0.15) is 4.98 Å². The van der Waals surface area contributed by atoms with E-state index in [0.29, 0.717) is 41.7 Å². The Bertz CT molecular complexity index is 1000. The van der Waals surface area contributed by atoms with Gasteiger partial charge in [-0.3, -0.25) is 0 Å². The molecule has 0 saturated heterocycles. The lowest BCUT2D eigenvalue weighted by Crippen LogP contribution is -2.32. The Morgan fingerprint density at radius 3 is 2.96 bits per heavy atom. The Hall–Kier alpha value is -3.42. The van der Waals surface area contributed by atoms with Gasteiger partial charge in [0.25, 0.3) is 0 Å². The number of halogens is 1. The minimum absolute atomic E-state index is 0.337. The predicted octanol–water partition coefficient (Wildman–Crippen LogP) is 4.22. The molecule has 1 atom stereocenters. The van der Waals surface area contributed by atoms with Crippen LogP contribution in [-0.4, -0.2) is 22.8 Å². The fourth-order valence-electron chi connectivity index (χ4n) is 3.18. The van der Waals surface area contributed by atoms with Gasteiger partial charge in [0, 0.05) is 23.7 Å². The van der Waals surface area contributed by atoms with E-state index in [-0.39, 0.29) is 17.9 Å². The molecule has 8 heteroatoms. The highest BCUT2D eigenvalue weighted by Crippen LogP contribution is 2.32. The number of benzene rings is 2. The Labute approximate surface area is 160 Å². The van der Waals surface area contributed by atoms with E-state index in [0.717, 1.165) is 12.0 Å². The first-order valence-corrected chi connectivity index (χ1v) is 8.99. The van der Waals surface area contributed by atoms with E-state index in [1.54, 1.807) is 31.2 Å². The number of hydrogen-bond acceptors (Lipinski definition) is 5. The third kappa shape index (κ3) is 3.95. The lowest BCUT2D eigenvalue weighted by atomic mass is 10.0. The fourth-order valence-corrected chi connectivity index (χ4v) is 3.18. The van der Waals surface area contributed by atoms with E-state index >= 15 is 0 Å². The Kier molecular flexibility index (Phi) is 4.92. The fraction of sp³-hybridized carbons (Fsp3) is 0.250. The van der Waals surface area contributed by atoms with Gasteiger partial charge in [0.05, 0.1) is 12.6 Å². The molecule has 2 aromatic carbocycles. The Balaban J connectivity index is 1.49. The van der Waals surface area contributed by atoms with Crippen LogP contribution in [0.15, 0.2) is 47.0 Å². The molecule has 28 heavy (non-hydrogen) atoms. The zero-order valence-corrected chi connectivity index (χ0v) is 15.2. The average molecular weight is 382 g/mol. The number of fused-ring (bicyclic) bond motifs is 1. The molecule has 1 aliphatic heterocycles. The normalized spacial score (nSPS) is 15.9. The minimum atomic E-state index is -0.386. The molecule has 0 bridgehead atoms. The standard InChI is InChI=1S/C20H19FN4O3/c1-12-22-19(25-28-12)13-4-2-5-15(10-13)23-20(26)24-17-6-3-9-27-18-8-7-14(21)11-16(17)18/h2,4-5,7-8,10-11,17H,3,6,9H2,1H3,(H2,23,24,26)/t17-/m1/s1. The number of anilines is 1. The van der Waals surface area contributed by atoms with Crippen molar-refractivity contribution in [1.82, 2.24) is 15.5 Å². The summed E-state index contributed by atoms with van der Waals surface area (Å²) < 4.78 is 24.3. The summed E-state index contributed by atoms with van der Waals surface area (Å²) in [5, 5.41) is 9.59. The molecular formula is C20H19FN4O3. The number of carbonyl (C=O) groups excluding carboxylic acids is 1. The predicted molar refractivity (Wildman–Crippen MR) is 100 cm³/mol. The molecule has 4 rings (SSSR count). The summed E-state index contributed by atoms with van der Waals surface area (Å²) in [4.78, 5) is 16.7. The van der Waals surface area contributed by atoms with Gasteiger partial charge in [-0.25, -0.2) is 9.18 Å². The number of aromatic nitrogens is 2. The van der Waals surface area contributed by atoms with Crippen LogP contribution in [-0.2, 0) is 0 Å². The summed E-state index contributed by atoms with van der Waals surface area (Å²) in [5.74, 6) is 1.15. The van der Waals surface area contributed by atoms with Gasteiger partial charge in [-0.1, -0.05) is 17.3 Å². The third-order valence-electron chi connectivity index (χ3n) is 4.45. The maximum absolute atomic E-state index is 13.7. The van der Waals surface area contributed by atoms with Crippen molar-refractivity contribution < 1.29 is 18.4 Å².